The first kappa shape index (κ1) is 15.9. The number of nitrogens with one attached hydrogen (secondary N) is 1. The van der Waals surface area contributed by atoms with Gasteiger partial charge >= 0.3 is 0 Å². The number of imidazole rings is 1. The zero-order valence-electron chi connectivity index (χ0n) is 13.0. The minimum absolute atomic E-state index is 0.229. The molecule has 1 aromatic heterocycles. The highest BCUT2D eigenvalue weighted by Gasteiger charge is 2.14. The summed E-state index contributed by atoms with van der Waals surface area (Å²) in [6, 6.07) is 8.49. The lowest BCUT2D eigenvalue weighted by Gasteiger charge is -2.16. The maximum absolute atomic E-state index is 5.69. The van der Waals surface area contributed by atoms with E-state index in [1.54, 1.807) is 0 Å². The Balaban J connectivity index is 2.06. The summed E-state index contributed by atoms with van der Waals surface area (Å²) in [4.78, 5) is 4.75. The molecule has 0 amide bonds. The molecular weight excluding hydrogens is 264 g/mol. The van der Waals surface area contributed by atoms with Crippen molar-refractivity contribution >= 4 is 11.0 Å². The third-order valence-corrected chi connectivity index (χ3v) is 3.76. The van der Waals surface area contributed by atoms with Crippen molar-refractivity contribution in [3.05, 3.63) is 30.1 Å². The summed E-state index contributed by atoms with van der Waals surface area (Å²) in [6.45, 7) is 6.65. The molecule has 0 saturated carbocycles. The van der Waals surface area contributed by atoms with Crippen LogP contribution in [0.3, 0.4) is 0 Å². The van der Waals surface area contributed by atoms with Crippen molar-refractivity contribution in [2.45, 2.75) is 45.7 Å². The molecule has 0 aliphatic heterocycles. The van der Waals surface area contributed by atoms with E-state index in [4.69, 9.17) is 15.6 Å². The van der Waals surface area contributed by atoms with Crippen LogP contribution in [0, 0.1) is 0 Å². The highest BCUT2D eigenvalue weighted by atomic mass is 16.5. The molecule has 5 nitrogen and oxygen atoms in total. The lowest BCUT2D eigenvalue weighted by molar-refractivity contribution is 0.140. The Bertz CT molecular complexity index is 552. The normalized spacial score (nSPS) is 12.9. The van der Waals surface area contributed by atoms with Crippen molar-refractivity contribution in [3.63, 3.8) is 0 Å². The van der Waals surface area contributed by atoms with Gasteiger partial charge in [-0.3, -0.25) is 11.3 Å². The first-order valence-corrected chi connectivity index (χ1v) is 7.78. The van der Waals surface area contributed by atoms with Gasteiger partial charge in [0.05, 0.1) is 11.0 Å². The number of rotatable bonds is 9. The average Bonchev–Trinajstić information content (AvgIpc) is 2.87. The Kier molecular flexibility index (Phi) is 6.17. The van der Waals surface area contributed by atoms with Gasteiger partial charge in [-0.05, 0) is 38.8 Å². The van der Waals surface area contributed by atoms with Crippen LogP contribution in [0.5, 0.6) is 0 Å². The molecule has 1 unspecified atom stereocenters. The monoisotopic (exact) mass is 290 g/mol. The Morgan fingerprint density at radius 1 is 1.33 bits per heavy atom. The number of nitrogens with zero attached hydrogens (tertiary/aromatic N) is 2. The molecule has 0 aliphatic rings. The van der Waals surface area contributed by atoms with E-state index in [0.717, 1.165) is 50.4 Å². The van der Waals surface area contributed by atoms with Crippen LogP contribution in [-0.4, -0.2) is 28.8 Å². The van der Waals surface area contributed by atoms with Crippen molar-refractivity contribution in [3.8, 4) is 0 Å². The van der Waals surface area contributed by atoms with E-state index in [1.807, 2.05) is 13.0 Å². The molecule has 1 aromatic carbocycles. The Hall–Kier alpha value is -1.43. The van der Waals surface area contributed by atoms with Crippen LogP contribution in [0.1, 0.15) is 32.5 Å². The molecule has 0 saturated heterocycles. The van der Waals surface area contributed by atoms with Gasteiger partial charge in [0.25, 0.3) is 0 Å². The lowest BCUT2D eigenvalue weighted by atomic mass is 10.1. The molecule has 3 N–H and O–H groups in total. The summed E-state index contributed by atoms with van der Waals surface area (Å²) >= 11 is 0. The number of aryl methyl sites for hydroxylation is 1. The first-order chi connectivity index (χ1) is 10.3. The zero-order chi connectivity index (χ0) is 15.1. The molecule has 2 aromatic rings. The van der Waals surface area contributed by atoms with Gasteiger partial charge in [0.2, 0.25) is 0 Å². The fourth-order valence-electron chi connectivity index (χ4n) is 2.67. The number of aromatic nitrogens is 2. The Morgan fingerprint density at radius 3 is 2.86 bits per heavy atom. The third kappa shape index (κ3) is 4.03. The molecule has 21 heavy (non-hydrogen) atoms. The zero-order valence-corrected chi connectivity index (χ0v) is 13.0. The molecule has 0 aliphatic carbocycles. The van der Waals surface area contributed by atoms with E-state index >= 15 is 0 Å². The van der Waals surface area contributed by atoms with Crippen LogP contribution >= 0.6 is 0 Å². The second-order valence-corrected chi connectivity index (χ2v) is 5.17. The van der Waals surface area contributed by atoms with Crippen LogP contribution in [0.25, 0.3) is 11.0 Å². The van der Waals surface area contributed by atoms with E-state index in [2.05, 4.69) is 35.1 Å². The van der Waals surface area contributed by atoms with E-state index in [0.29, 0.717) is 0 Å². The standard InChI is InChI=1S/C16H26N4O/c1-3-20-15-10-6-5-9-14(15)18-16(20)12-13(19-17)8-7-11-21-4-2/h5-6,9-10,13,19H,3-4,7-8,11-12,17H2,1-2H3. The quantitative estimate of drug-likeness (QED) is 0.422. The van der Waals surface area contributed by atoms with Crippen molar-refractivity contribution < 1.29 is 4.74 Å². The fourth-order valence-corrected chi connectivity index (χ4v) is 2.67. The number of hydrazine groups is 1. The minimum Gasteiger partial charge on any atom is -0.382 e. The highest BCUT2D eigenvalue weighted by Crippen LogP contribution is 2.17. The lowest BCUT2D eigenvalue weighted by Crippen LogP contribution is -2.37. The number of para-hydroxylation sites is 2. The predicted molar refractivity (Wildman–Crippen MR) is 85.9 cm³/mol. The third-order valence-electron chi connectivity index (χ3n) is 3.76. The van der Waals surface area contributed by atoms with Crippen LogP contribution in [0.4, 0.5) is 0 Å². The van der Waals surface area contributed by atoms with Gasteiger partial charge < -0.3 is 9.30 Å². The number of nitrogens with two attached hydrogens (primary N) is 1. The summed E-state index contributed by atoms with van der Waals surface area (Å²) in [7, 11) is 0. The van der Waals surface area contributed by atoms with E-state index in [9.17, 15) is 0 Å². The molecule has 116 valence electrons. The second-order valence-electron chi connectivity index (χ2n) is 5.17. The maximum atomic E-state index is 5.69. The number of benzene rings is 1. The topological polar surface area (TPSA) is 65.1 Å². The summed E-state index contributed by atoms with van der Waals surface area (Å²) < 4.78 is 7.65. The van der Waals surface area contributed by atoms with Gasteiger partial charge in [-0.15, -0.1) is 0 Å². The van der Waals surface area contributed by atoms with Crippen molar-refractivity contribution in [1.82, 2.24) is 15.0 Å². The number of ether oxygens (including phenoxy) is 1. The van der Waals surface area contributed by atoms with Gasteiger partial charge in [0.15, 0.2) is 0 Å². The predicted octanol–water partition coefficient (Wildman–Crippen LogP) is 2.25. The first-order valence-electron chi connectivity index (χ1n) is 7.78. The van der Waals surface area contributed by atoms with Crippen LogP contribution in [0.15, 0.2) is 24.3 Å². The fraction of sp³-hybridized carbons (Fsp3) is 0.562. The SMILES string of the molecule is CCOCCCC(Cc1nc2ccccc2n1CC)NN. The molecule has 0 radical (unpaired) electrons. The van der Waals surface area contributed by atoms with Crippen molar-refractivity contribution in [2.24, 2.45) is 5.84 Å². The largest absolute Gasteiger partial charge is 0.382 e. The van der Waals surface area contributed by atoms with E-state index in [1.165, 1.54) is 5.52 Å². The van der Waals surface area contributed by atoms with Gasteiger partial charge in [0, 0.05) is 32.2 Å². The molecular formula is C16H26N4O. The number of fused-ring (bicyclic) bond motifs is 1. The summed E-state index contributed by atoms with van der Waals surface area (Å²) in [5.41, 5.74) is 5.16. The highest BCUT2D eigenvalue weighted by molar-refractivity contribution is 5.75. The maximum Gasteiger partial charge on any atom is 0.111 e. The minimum atomic E-state index is 0.229. The van der Waals surface area contributed by atoms with Gasteiger partial charge in [-0.1, -0.05) is 12.1 Å². The number of hydrogen-bond acceptors (Lipinski definition) is 4. The van der Waals surface area contributed by atoms with Gasteiger partial charge in [0.1, 0.15) is 5.82 Å². The molecule has 5 heteroatoms. The van der Waals surface area contributed by atoms with Crippen molar-refractivity contribution in [1.29, 1.82) is 0 Å². The molecule has 0 bridgehead atoms. The molecule has 1 atom stereocenters. The molecule has 0 spiro atoms. The summed E-state index contributed by atoms with van der Waals surface area (Å²) in [5, 5.41) is 0. The van der Waals surface area contributed by atoms with Crippen LogP contribution < -0.4 is 11.3 Å². The molecule has 2 rings (SSSR count). The smallest absolute Gasteiger partial charge is 0.111 e. The van der Waals surface area contributed by atoms with Crippen molar-refractivity contribution in [2.75, 3.05) is 13.2 Å². The van der Waals surface area contributed by atoms with Gasteiger partial charge in [-0.2, -0.15) is 0 Å². The Morgan fingerprint density at radius 2 is 2.14 bits per heavy atom. The molecule has 0 fully saturated rings. The summed E-state index contributed by atoms with van der Waals surface area (Å²) in [5.74, 6) is 6.79. The van der Waals surface area contributed by atoms with Gasteiger partial charge in [-0.25, -0.2) is 4.98 Å². The molecule has 1 heterocycles. The second kappa shape index (κ2) is 8.12. The number of hydrogen-bond donors (Lipinski definition) is 2. The summed E-state index contributed by atoms with van der Waals surface area (Å²) in [6.07, 6.45) is 2.84. The average molecular weight is 290 g/mol. The van der Waals surface area contributed by atoms with Crippen LogP contribution in [0.2, 0.25) is 0 Å². The Labute approximate surface area is 126 Å². The van der Waals surface area contributed by atoms with E-state index < -0.39 is 0 Å². The van der Waals surface area contributed by atoms with E-state index in [-0.39, 0.29) is 6.04 Å². The van der Waals surface area contributed by atoms with Crippen LogP contribution in [-0.2, 0) is 17.7 Å².